The second kappa shape index (κ2) is 7.53. The first-order valence-corrected chi connectivity index (χ1v) is 7.71. The van der Waals surface area contributed by atoms with E-state index in [1.807, 2.05) is 24.3 Å². The lowest BCUT2D eigenvalue weighted by molar-refractivity contribution is 0.196. The largest absolute Gasteiger partial charge is 0.493 e. The van der Waals surface area contributed by atoms with Crippen LogP contribution in [0.4, 0.5) is 0 Å². The lowest BCUT2D eigenvalue weighted by Gasteiger charge is -2.34. The molecule has 20 heavy (non-hydrogen) atoms. The molecule has 1 aromatic carbocycles. The number of methoxy groups -OCH3 is 1. The first-order chi connectivity index (χ1) is 9.72. The third-order valence-corrected chi connectivity index (χ3v) is 4.54. The van der Waals surface area contributed by atoms with E-state index in [0.717, 1.165) is 29.9 Å². The summed E-state index contributed by atoms with van der Waals surface area (Å²) in [6.07, 6.45) is 4.01. The van der Waals surface area contributed by atoms with E-state index in [-0.39, 0.29) is 0 Å². The average Bonchev–Trinajstić information content (AvgIpc) is 2.48. The second-order valence-corrected chi connectivity index (χ2v) is 5.83. The van der Waals surface area contributed by atoms with Crippen LogP contribution in [0.3, 0.4) is 0 Å². The third-order valence-electron chi connectivity index (χ3n) is 4.54. The van der Waals surface area contributed by atoms with E-state index < -0.39 is 0 Å². The molecule has 1 fully saturated rings. The monoisotopic (exact) mass is 277 g/mol. The molecule has 3 nitrogen and oxygen atoms in total. The van der Waals surface area contributed by atoms with E-state index in [0.29, 0.717) is 12.6 Å². The van der Waals surface area contributed by atoms with Crippen LogP contribution in [0.5, 0.6) is 11.5 Å². The number of hydrogen-bond donors (Lipinski definition) is 1. The van der Waals surface area contributed by atoms with Gasteiger partial charge in [-0.05, 0) is 30.4 Å². The number of nitrogens with one attached hydrogen (secondary N) is 1. The fourth-order valence-corrected chi connectivity index (χ4v) is 3.01. The zero-order valence-electron chi connectivity index (χ0n) is 12.9. The van der Waals surface area contributed by atoms with E-state index in [1.54, 1.807) is 7.11 Å². The van der Waals surface area contributed by atoms with Gasteiger partial charge in [0.25, 0.3) is 0 Å². The Morgan fingerprint density at radius 1 is 1.15 bits per heavy atom. The van der Waals surface area contributed by atoms with Crippen molar-refractivity contribution in [2.75, 3.05) is 20.3 Å². The lowest BCUT2D eigenvalue weighted by Crippen LogP contribution is -2.42. The highest BCUT2D eigenvalue weighted by Gasteiger charge is 2.26. The molecule has 0 heterocycles. The Balaban J connectivity index is 1.73. The van der Waals surface area contributed by atoms with E-state index in [9.17, 15) is 0 Å². The predicted molar refractivity (Wildman–Crippen MR) is 82.5 cm³/mol. The Kier molecular flexibility index (Phi) is 5.72. The van der Waals surface area contributed by atoms with E-state index in [2.05, 4.69) is 19.2 Å². The van der Waals surface area contributed by atoms with Gasteiger partial charge in [0.2, 0.25) is 0 Å². The molecule has 2 rings (SSSR count). The molecule has 3 unspecified atom stereocenters. The van der Waals surface area contributed by atoms with Gasteiger partial charge in [-0.2, -0.15) is 0 Å². The molecule has 0 amide bonds. The summed E-state index contributed by atoms with van der Waals surface area (Å²) in [7, 11) is 1.67. The Morgan fingerprint density at radius 3 is 2.65 bits per heavy atom. The van der Waals surface area contributed by atoms with Crippen LogP contribution in [-0.4, -0.2) is 26.3 Å². The maximum atomic E-state index is 5.79. The topological polar surface area (TPSA) is 30.5 Å². The minimum absolute atomic E-state index is 0.639. The molecule has 1 aliphatic rings. The summed E-state index contributed by atoms with van der Waals surface area (Å²) in [6.45, 7) is 6.30. The number of rotatable bonds is 6. The molecule has 0 aliphatic heterocycles. The van der Waals surface area contributed by atoms with Crippen LogP contribution < -0.4 is 14.8 Å². The molecular weight excluding hydrogens is 250 g/mol. The Labute approximate surface area is 122 Å². The van der Waals surface area contributed by atoms with Crippen molar-refractivity contribution in [3.05, 3.63) is 24.3 Å². The highest BCUT2D eigenvalue weighted by Crippen LogP contribution is 2.29. The number of ether oxygens (including phenoxy) is 2. The molecule has 0 aromatic heterocycles. The van der Waals surface area contributed by atoms with Gasteiger partial charge in [0.15, 0.2) is 11.5 Å². The molecule has 1 saturated carbocycles. The summed E-state index contributed by atoms with van der Waals surface area (Å²) in [5.74, 6) is 3.21. The van der Waals surface area contributed by atoms with E-state index in [1.165, 1.54) is 19.3 Å². The third kappa shape index (κ3) is 3.89. The molecule has 1 N–H and O–H groups in total. The maximum Gasteiger partial charge on any atom is 0.161 e. The van der Waals surface area contributed by atoms with Gasteiger partial charge in [-0.25, -0.2) is 0 Å². The number of para-hydroxylation sites is 2. The van der Waals surface area contributed by atoms with Gasteiger partial charge in [0, 0.05) is 12.6 Å². The Morgan fingerprint density at radius 2 is 1.90 bits per heavy atom. The van der Waals surface area contributed by atoms with Gasteiger partial charge in [-0.3, -0.25) is 0 Å². The fourth-order valence-electron chi connectivity index (χ4n) is 3.01. The van der Waals surface area contributed by atoms with Gasteiger partial charge in [0.05, 0.1) is 7.11 Å². The van der Waals surface area contributed by atoms with Crippen LogP contribution in [0.2, 0.25) is 0 Å². The van der Waals surface area contributed by atoms with Crippen molar-refractivity contribution >= 4 is 0 Å². The maximum absolute atomic E-state index is 5.79. The van der Waals surface area contributed by atoms with Crippen LogP contribution in [0.15, 0.2) is 24.3 Å². The van der Waals surface area contributed by atoms with Crippen LogP contribution in [0.1, 0.15) is 33.1 Å². The van der Waals surface area contributed by atoms with Gasteiger partial charge in [0.1, 0.15) is 6.61 Å². The summed E-state index contributed by atoms with van der Waals surface area (Å²) in [5.41, 5.74) is 0. The molecule has 3 atom stereocenters. The van der Waals surface area contributed by atoms with Crippen molar-refractivity contribution in [3.63, 3.8) is 0 Å². The van der Waals surface area contributed by atoms with Crippen molar-refractivity contribution in [3.8, 4) is 11.5 Å². The molecule has 3 heteroatoms. The minimum Gasteiger partial charge on any atom is -0.493 e. The first kappa shape index (κ1) is 15.2. The van der Waals surface area contributed by atoms with Crippen molar-refractivity contribution in [2.45, 2.75) is 39.2 Å². The van der Waals surface area contributed by atoms with Crippen LogP contribution in [-0.2, 0) is 0 Å². The summed E-state index contributed by atoms with van der Waals surface area (Å²) >= 11 is 0. The summed E-state index contributed by atoms with van der Waals surface area (Å²) < 4.78 is 11.1. The summed E-state index contributed by atoms with van der Waals surface area (Å²) in [6, 6.07) is 8.43. The fraction of sp³-hybridized carbons (Fsp3) is 0.647. The highest BCUT2D eigenvalue weighted by atomic mass is 16.5. The van der Waals surface area contributed by atoms with Gasteiger partial charge in [-0.15, -0.1) is 0 Å². The molecule has 1 aliphatic carbocycles. The molecule has 0 radical (unpaired) electrons. The zero-order chi connectivity index (χ0) is 14.4. The molecule has 112 valence electrons. The average molecular weight is 277 g/mol. The lowest BCUT2D eigenvalue weighted by atomic mass is 9.78. The van der Waals surface area contributed by atoms with Crippen LogP contribution in [0.25, 0.3) is 0 Å². The molecule has 0 saturated heterocycles. The molecule has 1 aromatic rings. The van der Waals surface area contributed by atoms with Crippen molar-refractivity contribution in [1.82, 2.24) is 5.32 Å². The number of hydrogen-bond acceptors (Lipinski definition) is 3. The minimum atomic E-state index is 0.639. The number of benzene rings is 1. The predicted octanol–water partition coefficient (Wildman–Crippen LogP) is 3.49. The molecular formula is C17H27NO2. The van der Waals surface area contributed by atoms with Crippen LogP contribution >= 0.6 is 0 Å². The van der Waals surface area contributed by atoms with E-state index in [4.69, 9.17) is 9.47 Å². The van der Waals surface area contributed by atoms with Crippen molar-refractivity contribution in [1.29, 1.82) is 0 Å². The molecule has 0 bridgehead atoms. The van der Waals surface area contributed by atoms with Gasteiger partial charge < -0.3 is 14.8 Å². The standard InChI is InChI=1S/C17H27NO2/c1-13-7-6-8-15(14(13)2)18-11-12-20-17-10-5-4-9-16(17)19-3/h4-5,9-10,13-15,18H,6-8,11-12H2,1-3H3. The van der Waals surface area contributed by atoms with E-state index >= 15 is 0 Å². The SMILES string of the molecule is COc1ccccc1OCCNC1CCCC(C)C1C. The highest BCUT2D eigenvalue weighted by molar-refractivity contribution is 5.39. The zero-order valence-corrected chi connectivity index (χ0v) is 12.9. The van der Waals surface area contributed by atoms with Gasteiger partial charge in [-0.1, -0.05) is 38.8 Å². The van der Waals surface area contributed by atoms with Crippen molar-refractivity contribution < 1.29 is 9.47 Å². The molecule has 0 spiro atoms. The summed E-state index contributed by atoms with van der Waals surface area (Å²) in [5, 5.41) is 3.64. The first-order valence-electron chi connectivity index (χ1n) is 7.71. The van der Waals surface area contributed by atoms with Gasteiger partial charge >= 0.3 is 0 Å². The van der Waals surface area contributed by atoms with Crippen molar-refractivity contribution in [2.24, 2.45) is 11.8 Å². The van der Waals surface area contributed by atoms with Crippen LogP contribution in [0, 0.1) is 11.8 Å². The Bertz CT molecular complexity index is 408. The second-order valence-electron chi connectivity index (χ2n) is 5.83. The quantitative estimate of drug-likeness (QED) is 0.807. The summed E-state index contributed by atoms with van der Waals surface area (Å²) in [4.78, 5) is 0. The Hall–Kier alpha value is -1.22. The normalized spacial score (nSPS) is 26.2. The smallest absolute Gasteiger partial charge is 0.161 e.